The van der Waals surface area contributed by atoms with Crippen LogP contribution in [0.25, 0.3) is 0 Å². The maximum absolute atomic E-state index is 11.3. The summed E-state index contributed by atoms with van der Waals surface area (Å²) in [6.45, 7) is 3.25. The summed E-state index contributed by atoms with van der Waals surface area (Å²) in [5.74, 6) is -0.0474. The first-order valence-electron chi connectivity index (χ1n) is 4.48. The smallest absolute Gasteiger partial charge is 0.241 e. The molecule has 14 heavy (non-hydrogen) atoms. The second-order valence-electron chi connectivity index (χ2n) is 2.97. The van der Waals surface area contributed by atoms with Gasteiger partial charge in [-0.05, 0) is 13.0 Å². The van der Waals surface area contributed by atoms with Gasteiger partial charge in [-0.2, -0.15) is 5.10 Å². The van der Waals surface area contributed by atoms with Crippen LogP contribution >= 0.6 is 0 Å². The Kier molecular flexibility index (Phi) is 4.12. The number of amides is 1. The SMILES string of the molecule is COCCNC(=O)Cn1nccc1C. The minimum atomic E-state index is -0.0474. The van der Waals surface area contributed by atoms with Crippen molar-refractivity contribution in [3.8, 4) is 0 Å². The molecular formula is C9H15N3O2. The molecule has 0 bridgehead atoms. The Morgan fingerprint density at radius 3 is 3.07 bits per heavy atom. The Hall–Kier alpha value is -1.36. The molecule has 1 aromatic heterocycles. The third-order valence-corrected chi connectivity index (χ3v) is 1.85. The van der Waals surface area contributed by atoms with Gasteiger partial charge in [0.25, 0.3) is 0 Å². The molecule has 78 valence electrons. The number of nitrogens with one attached hydrogen (secondary N) is 1. The molecule has 0 fully saturated rings. The highest BCUT2D eigenvalue weighted by molar-refractivity contribution is 5.75. The van der Waals surface area contributed by atoms with Gasteiger partial charge in [-0.15, -0.1) is 0 Å². The van der Waals surface area contributed by atoms with E-state index in [4.69, 9.17) is 4.74 Å². The van der Waals surface area contributed by atoms with Crippen molar-refractivity contribution in [3.63, 3.8) is 0 Å². The summed E-state index contributed by atoms with van der Waals surface area (Å²) in [5, 5.41) is 6.73. The average Bonchev–Trinajstić information content (AvgIpc) is 2.52. The quantitative estimate of drug-likeness (QED) is 0.673. The van der Waals surface area contributed by atoms with Gasteiger partial charge in [0.05, 0.1) is 6.61 Å². The lowest BCUT2D eigenvalue weighted by Crippen LogP contribution is -2.30. The van der Waals surface area contributed by atoms with E-state index < -0.39 is 0 Å². The van der Waals surface area contributed by atoms with Crippen LogP contribution in [-0.4, -0.2) is 35.9 Å². The van der Waals surface area contributed by atoms with E-state index in [0.29, 0.717) is 13.2 Å². The molecule has 0 unspecified atom stereocenters. The molecule has 0 radical (unpaired) electrons. The molecule has 0 saturated carbocycles. The van der Waals surface area contributed by atoms with Crippen LogP contribution in [0.15, 0.2) is 12.3 Å². The topological polar surface area (TPSA) is 56.1 Å². The molecular weight excluding hydrogens is 182 g/mol. The van der Waals surface area contributed by atoms with E-state index in [1.54, 1.807) is 18.0 Å². The molecule has 5 heteroatoms. The van der Waals surface area contributed by atoms with Gasteiger partial charge in [0.1, 0.15) is 6.54 Å². The summed E-state index contributed by atoms with van der Waals surface area (Å²) in [5.41, 5.74) is 0.979. The fourth-order valence-corrected chi connectivity index (χ4v) is 1.05. The van der Waals surface area contributed by atoms with E-state index in [1.165, 1.54) is 0 Å². The van der Waals surface area contributed by atoms with Crippen molar-refractivity contribution in [2.24, 2.45) is 0 Å². The van der Waals surface area contributed by atoms with Gasteiger partial charge >= 0.3 is 0 Å². The Bertz CT molecular complexity index is 296. The summed E-state index contributed by atoms with van der Waals surface area (Å²) in [7, 11) is 1.60. The fraction of sp³-hybridized carbons (Fsp3) is 0.556. The number of hydrogen-bond donors (Lipinski definition) is 1. The van der Waals surface area contributed by atoms with E-state index in [2.05, 4.69) is 10.4 Å². The normalized spacial score (nSPS) is 10.1. The highest BCUT2D eigenvalue weighted by Crippen LogP contribution is 1.94. The van der Waals surface area contributed by atoms with Crippen LogP contribution in [0.3, 0.4) is 0 Å². The number of aryl methyl sites for hydroxylation is 1. The summed E-state index contributed by atoms with van der Waals surface area (Å²) in [4.78, 5) is 11.3. The zero-order valence-corrected chi connectivity index (χ0v) is 8.49. The molecule has 1 amide bonds. The fourth-order valence-electron chi connectivity index (χ4n) is 1.05. The molecule has 0 aliphatic heterocycles. The molecule has 0 saturated heterocycles. The third-order valence-electron chi connectivity index (χ3n) is 1.85. The molecule has 0 spiro atoms. The second kappa shape index (κ2) is 5.39. The Morgan fingerprint density at radius 1 is 1.71 bits per heavy atom. The lowest BCUT2D eigenvalue weighted by atomic mass is 10.4. The van der Waals surface area contributed by atoms with Gasteiger partial charge in [0.15, 0.2) is 0 Å². The first-order valence-corrected chi connectivity index (χ1v) is 4.48. The predicted molar refractivity (Wildman–Crippen MR) is 51.8 cm³/mol. The molecule has 0 aliphatic rings. The number of ether oxygens (including phenoxy) is 1. The van der Waals surface area contributed by atoms with Gasteiger partial charge in [-0.3, -0.25) is 9.48 Å². The first-order chi connectivity index (χ1) is 6.74. The number of hydrogen-bond acceptors (Lipinski definition) is 3. The van der Waals surface area contributed by atoms with Crippen LogP contribution in [0.2, 0.25) is 0 Å². The van der Waals surface area contributed by atoms with Crippen LogP contribution in [0, 0.1) is 6.92 Å². The van der Waals surface area contributed by atoms with Crippen LogP contribution < -0.4 is 5.32 Å². The number of carbonyl (C=O) groups is 1. The summed E-state index contributed by atoms with van der Waals surface area (Å²) in [6, 6.07) is 1.86. The van der Waals surface area contributed by atoms with E-state index in [9.17, 15) is 4.79 Å². The molecule has 5 nitrogen and oxygen atoms in total. The molecule has 1 N–H and O–H groups in total. The standard InChI is InChI=1S/C9H15N3O2/c1-8-3-4-11-12(8)7-9(13)10-5-6-14-2/h3-4H,5-7H2,1-2H3,(H,10,13). The van der Waals surface area contributed by atoms with Crippen LogP contribution in [0.1, 0.15) is 5.69 Å². The predicted octanol–water partition coefficient (Wildman–Crippen LogP) is -0.0459. The Balaban J connectivity index is 2.31. The summed E-state index contributed by atoms with van der Waals surface area (Å²) in [6.07, 6.45) is 1.68. The molecule has 0 aromatic carbocycles. The highest BCUT2D eigenvalue weighted by atomic mass is 16.5. The number of aromatic nitrogens is 2. The van der Waals surface area contributed by atoms with E-state index in [0.717, 1.165) is 5.69 Å². The Morgan fingerprint density at radius 2 is 2.50 bits per heavy atom. The van der Waals surface area contributed by atoms with Crippen molar-refractivity contribution in [2.45, 2.75) is 13.5 Å². The van der Waals surface area contributed by atoms with E-state index in [-0.39, 0.29) is 12.5 Å². The largest absolute Gasteiger partial charge is 0.383 e. The van der Waals surface area contributed by atoms with Crippen LogP contribution in [0.5, 0.6) is 0 Å². The van der Waals surface area contributed by atoms with Crippen molar-refractivity contribution in [1.29, 1.82) is 0 Å². The zero-order chi connectivity index (χ0) is 10.4. The summed E-state index contributed by atoms with van der Waals surface area (Å²) < 4.78 is 6.47. The number of nitrogens with zero attached hydrogens (tertiary/aromatic N) is 2. The van der Waals surface area contributed by atoms with Crippen molar-refractivity contribution in [3.05, 3.63) is 18.0 Å². The first kappa shape index (κ1) is 10.7. The van der Waals surface area contributed by atoms with Gasteiger partial charge in [0.2, 0.25) is 5.91 Å². The monoisotopic (exact) mass is 197 g/mol. The Labute approximate surface area is 83.1 Å². The van der Waals surface area contributed by atoms with Crippen molar-refractivity contribution in [2.75, 3.05) is 20.3 Å². The molecule has 1 heterocycles. The van der Waals surface area contributed by atoms with Crippen LogP contribution in [-0.2, 0) is 16.1 Å². The van der Waals surface area contributed by atoms with Gasteiger partial charge in [-0.25, -0.2) is 0 Å². The second-order valence-corrected chi connectivity index (χ2v) is 2.97. The summed E-state index contributed by atoms with van der Waals surface area (Å²) >= 11 is 0. The van der Waals surface area contributed by atoms with Gasteiger partial charge < -0.3 is 10.1 Å². The number of rotatable bonds is 5. The molecule has 1 rings (SSSR count). The lowest BCUT2D eigenvalue weighted by molar-refractivity contribution is -0.122. The molecule has 0 atom stereocenters. The number of methoxy groups -OCH3 is 1. The van der Waals surface area contributed by atoms with Gasteiger partial charge in [-0.1, -0.05) is 0 Å². The van der Waals surface area contributed by atoms with Gasteiger partial charge in [0, 0.05) is 25.5 Å². The number of carbonyl (C=O) groups excluding carboxylic acids is 1. The van der Waals surface area contributed by atoms with Crippen molar-refractivity contribution >= 4 is 5.91 Å². The van der Waals surface area contributed by atoms with E-state index >= 15 is 0 Å². The molecule has 0 aliphatic carbocycles. The maximum Gasteiger partial charge on any atom is 0.241 e. The minimum Gasteiger partial charge on any atom is -0.383 e. The third kappa shape index (κ3) is 3.18. The van der Waals surface area contributed by atoms with Crippen molar-refractivity contribution < 1.29 is 9.53 Å². The minimum absolute atomic E-state index is 0.0474. The van der Waals surface area contributed by atoms with Crippen LogP contribution in [0.4, 0.5) is 0 Å². The van der Waals surface area contributed by atoms with Crippen molar-refractivity contribution in [1.82, 2.24) is 15.1 Å². The maximum atomic E-state index is 11.3. The average molecular weight is 197 g/mol. The molecule has 1 aromatic rings. The van der Waals surface area contributed by atoms with E-state index in [1.807, 2.05) is 13.0 Å². The zero-order valence-electron chi connectivity index (χ0n) is 8.49. The highest BCUT2D eigenvalue weighted by Gasteiger charge is 2.03. The lowest BCUT2D eigenvalue weighted by Gasteiger charge is -2.05.